The van der Waals surface area contributed by atoms with Crippen LogP contribution in [0.25, 0.3) is 0 Å². The lowest BCUT2D eigenvalue weighted by Crippen LogP contribution is -2.12. The number of methoxy groups -OCH3 is 1. The van der Waals surface area contributed by atoms with Crippen LogP contribution in [0.3, 0.4) is 0 Å². The maximum absolute atomic E-state index is 10.4. The predicted molar refractivity (Wildman–Crippen MR) is 79.4 cm³/mol. The summed E-state index contributed by atoms with van der Waals surface area (Å²) in [5.41, 5.74) is 0.848. The highest BCUT2D eigenvalue weighted by molar-refractivity contribution is 5.43. The number of aliphatic hydroxyl groups excluding tert-OH is 1. The molecule has 0 aliphatic carbocycles. The van der Waals surface area contributed by atoms with Gasteiger partial charge >= 0.3 is 0 Å². The van der Waals surface area contributed by atoms with Crippen LogP contribution >= 0.6 is 0 Å². The Kier molecular flexibility index (Phi) is 7.41. The van der Waals surface area contributed by atoms with Crippen LogP contribution < -0.4 is 9.47 Å². The first-order chi connectivity index (χ1) is 9.63. The summed E-state index contributed by atoms with van der Waals surface area (Å²) >= 11 is 0. The zero-order valence-electron chi connectivity index (χ0n) is 12.9. The van der Waals surface area contributed by atoms with Crippen molar-refractivity contribution in [1.29, 1.82) is 0 Å². The minimum absolute atomic E-state index is 0.127. The molecule has 0 fully saturated rings. The Morgan fingerprint density at radius 1 is 1.10 bits per heavy atom. The third-order valence-electron chi connectivity index (χ3n) is 3.23. The van der Waals surface area contributed by atoms with E-state index < -0.39 is 6.10 Å². The molecule has 0 bridgehead atoms. The maximum atomic E-state index is 10.4. The number of ether oxygens (including phenoxy) is 3. The van der Waals surface area contributed by atoms with E-state index in [2.05, 4.69) is 0 Å². The van der Waals surface area contributed by atoms with Crippen molar-refractivity contribution in [2.75, 3.05) is 26.9 Å². The van der Waals surface area contributed by atoms with Gasteiger partial charge in [0.1, 0.15) is 0 Å². The van der Waals surface area contributed by atoms with Crippen LogP contribution in [0, 0.1) is 5.92 Å². The Morgan fingerprint density at radius 3 is 2.35 bits per heavy atom. The van der Waals surface area contributed by atoms with Gasteiger partial charge in [0.25, 0.3) is 0 Å². The van der Waals surface area contributed by atoms with Gasteiger partial charge < -0.3 is 19.3 Å². The van der Waals surface area contributed by atoms with Crippen molar-refractivity contribution in [3.8, 4) is 11.5 Å². The smallest absolute Gasteiger partial charge is 0.161 e. The number of hydrogen-bond acceptors (Lipinski definition) is 4. The van der Waals surface area contributed by atoms with Crippen molar-refractivity contribution in [2.24, 2.45) is 5.92 Å². The fraction of sp³-hybridized carbons (Fsp3) is 0.625. The number of aliphatic hydroxyl groups is 1. The van der Waals surface area contributed by atoms with Gasteiger partial charge in [-0.15, -0.1) is 0 Å². The first-order valence-electron chi connectivity index (χ1n) is 7.20. The highest BCUT2D eigenvalue weighted by atomic mass is 16.5. The highest BCUT2D eigenvalue weighted by Gasteiger charge is 2.18. The summed E-state index contributed by atoms with van der Waals surface area (Å²) in [7, 11) is 1.67. The lowest BCUT2D eigenvalue weighted by Gasteiger charge is -2.20. The molecule has 0 heterocycles. The molecule has 0 aliphatic rings. The standard InChI is InChI=1S/C16H26O4/c1-5-19-14-8-7-13(11-15(14)20-6-2)16(17)12(3)9-10-18-4/h7-8,11-12,16-17H,5-6,9-10H2,1-4H3. The van der Waals surface area contributed by atoms with E-state index in [-0.39, 0.29) is 5.92 Å². The monoisotopic (exact) mass is 282 g/mol. The van der Waals surface area contributed by atoms with Gasteiger partial charge in [0.2, 0.25) is 0 Å². The van der Waals surface area contributed by atoms with Crippen molar-refractivity contribution >= 4 is 0 Å². The summed E-state index contributed by atoms with van der Waals surface area (Å²) in [6.45, 7) is 7.68. The van der Waals surface area contributed by atoms with E-state index in [0.717, 1.165) is 17.7 Å². The van der Waals surface area contributed by atoms with Crippen molar-refractivity contribution in [3.63, 3.8) is 0 Å². The van der Waals surface area contributed by atoms with Crippen LogP contribution in [0.1, 0.15) is 38.9 Å². The highest BCUT2D eigenvalue weighted by Crippen LogP contribution is 2.33. The average molecular weight is 282 g/mol. The van der Waals surface area contributed by atoms with Crippen LogP contribution in [-0.4, -0.2) is 32.0 Å². The molecule has 0 aromatic heterocycles. The Labute approximate surface area is 121 Å². The summed E-state index contributed by atoms with van der Waals surface area (Å²) in [6.07, 6.45) is 0.287. The van der Waals surface area contributed by atoms with Crippen LogP contribution in [0.15, 0.2) is 18.2 Å². The summed E-state index contributed by atoms with van der Waals surface area (Å²) in [4.78, 5) is 0. The lowest BCUT2D eigenvalue weighted by molar-refractivity contribution is 0.0883. The molecule has 0 amide bonds. The van der Waals surface area contributed by atoms with Gasteiger partial charge in [-0.05, 0) is 43.9 Å². The molecule has 1 aromatic carbocycles. The molecule has 114 valence electrons. The van der Waals surface area contributed by atoms with E-state index in [1.165, 1.54) is 0 Å². The molecule has 0 spiro atoms. The summed E-state index contributed by atoms with van der Waals surface area (Å²) < 4.78 is 16.2. The van der Waals surface area contributed by atoms with Crippen LogP contribution in [0.2, 0.25) is 0 Å². The molecular formula is C16H26O4. The van der Waals surface area contributed by atoms with E-state index in [4.69, 9.17) is 14.2 Å². The topological polar surface area (TPSA) is 47.9 Å². The van der Waals surface area contributed by atoms with Gasteiger partial charge in [0.15, 0.2) is 11.5 Å². The van der Waals surface area contributed by atoms with Crippen molar-refractivity contribution in [1.82, 2.24) is 0 Å². The second kappa shape index (κ2) is 8.82. The minimum Gasteiger partial charge on any atom is -0.490 e. The molecule has 2 unspecified atom stereocenters. The minimum atomic E-state index is -0.528. The molecule has 0 radical (unpaired) electrons. The molecule has 1 aromatic rings. The molecule has 4 nitrogen and oxygen atoms in total. The van der Waals surface area contributed by atoms with E-state index >= 15 is 0 Å². The van der Waals surface area contributed by atoms with Crippen LogP contribution in [0.5, 0.6) is 11.5 Å². The predicted octanol–water partition coefficient (Wildman–Crippen LogP) is 3.19. The zero-order valence-corrected chi connectivity index (χ0v) is 12.9. The van der Waals surface area contributed by atoms with Crippen molar-refractivity contribution in [2.45, 2.75) is 33.3 Å². The van der Waals surface area contributed by atoms with E-state index in [9.17, 15) is 5.11 Å². The normalized spacial score (nSPS) is 13.8. The second-order valence-corrected chi connectivity index (χ2v) is 4.78. The van der Waals surface area contributed by atoms with Crippen LogP contribution in [0.4, 0.5) is 0 Å². The molecule has 1 rings (SSSR count). The number of hydrogen-bond donors (Lipinski definition) is 1. The largest absolute Gasteiger partial charge is 0.490 e. The quantitative estimate of drug-likeness (QED) is 0.755. The Hall–Kier alpha value is -1.26. The molecule has 20 heavy (non-hydrogen) atoms. The fourth-order valence-corrected chi connectivity index (χ4v) is 2.04. The first kappa shape index (κ1) is 16.8. The molecule has 0 aliphatic heterocycles. The zero-order chi connectivity index (χ0) is 15.0. The van der Waals surface area contributed by atoms with Gasteiger partial charge in [0, 0.05) is 13.7 Å². The van der Waals surface area contributed by atoms with Gasteiger partial charge in [0.05, 0.1) is 19.3 Å². The molecule has 2 atom stereocenters. The third-order valence-corrected chi connectivity index (χ3v) is 3.23. The molecule has 0 saturated heterocycles. The summed E-state index contributed by atoms with van der Waals surface area (Å²) in [6, 6.07) is 5.61. The van der Waals surface area contributed by atoms with E-state index in [1.807, 2.05) is 39.0 Å². The Bertz CT molecular complexity index is 392. The Morgan fingerprint density at radius 2 is 1.75 bits per heavy atom. The third kappa shape index (κ3) is 4.69. The van der Waals surface area contributed by atoms with Gasteiger partial charge in [-0.3, -0.25) is 0 Å². The molecule has 4 heteroatoms. The maximum Gasteiger partial charge on any atom is 0.161 e. The first-order valence-corrected chi connectivity index (χ1v) is 7.20. The summed E-state index contributed by atoms with van der Waals surface area (Å²) in [5, 5.41) is 10.4. The van der Waals surface area contributed by atoms with Crippen molar-refractivity contribution in [3.05, 3.63) is 23.8 Å². The van der Waals surface area contributed by atoms with E-state index in [0.29, 0.717) is 25.6 Å². The van der Waals surface area contributed by atoms with E-state index in [1.54, 1.807) is 7.11 Å². The fourth-order valence-electron chi connectivity index (χ4n) is 2.04. The SMILES string of the molecule is CCOc1ccc(C(O)C(C)CCOC)cc1OCC. The van der Waals surface area contributed by atoms with Crippen LogP contribution in [-0.2, 0) is 4.74 Å². The molecule has 0 saturated carbocycles. The number of benzene rings is 1. The molecule has 1 N–H and O–H groups in total. The van der Waals surface area contributed by atoms with Gasteiger partial charge in [-0.1, -0.05) is 13.0 Å². The second-order valence-electron chi connectivity index (χ2n) is 4.78. The van der Waals surface area contributed by atoms with Crippen molar-refractivity contribution < 1.29 is 19.3 Å². The lowest BCUT2D eigenvalue weighted by atomic mass is 9.94. The Balaban J connectivity index is 2.86. The average Bonchev–Trinajstić information content (AvgIpc) is 2.46. The van der Waals surface area contributed by atoms with Gasteiger partial charge in [-0.2, -0.15) is 0 Å². The van der Waals surface area contributed by atoms with Gasteiger partial charge in [-0.25, -0.2) is 0 Å². The molecular weight excluding hydrogens is 256 g/mol. The summed E-state index contributed by atoms with van der Waals surface area (Å²) in [5.74, 6) is 1.53. The number of rotatable bonds is 9.